The third-order valence-electron chi connectivity index (χ3n) is 2.69. The van der Waals surface area contributed by atoms with Gasteiger partial charge < -0.3 is 0 Å². The first-order chi connectivity index (χ1) is 9.49. The number of carbonyl (C=O) groups excluding carboxylic acids is 2. The van der Waals surface area contributed by atoms with E-state index in [9.17, 15) is 18.4 Å². The van der Waals surface area contributed by atoms with Crippen LogP contribution >= 0.6 is 0 Å². The van der Waals surface area contributed by atoms with Crippen molar-refractivity contribution < 1.29 is 18.4 Å². The number of ketones is 2. The van der Waals surface area contributed by atoms with E-state index >= 15 is 0 Å². The lowest BCUT2D eigenvalue weighted by Gasteiger charge is -2.04. The van der Waals surface area contributed by atoms with E-state index < -0.39 is 35.2 Å². The molecule has 1 aromatic carbocycles. The van der Waals surface area contributed by atoms with E-state index in [0.717, 1.165) is 12.1 Å². The van der Waals surface area contributed by atoms with Crippen molar-refractivity contribution in [2.45, 2.75) is 13.3 Å². The maximum absolute atomic E-state index is 13.6. The second-order valence-corrected chi connectivity index (χ2v) is 4.18. The predicted molar refractivity (Wildman–Crippen MR) is 66.4 cm³/mol. The maximum Gasteiger partial charge on any atom is 0.207 e. The molecule has 0 N–H and O–H groups in total. The first kappa shape index (κ1) is 13.9. The molecule has 0 radical (unpaired) electrons. The maximum atomic E-state index is 13.6. The molecular formula is C14H10F2N2O2. The van der Waals surface area contributed by atoms with Crippen molar-refractivity contribution in [1.29, 1.82) is 0 Å². The molecule has 0 fully saturated rings. The third kappa shape index (κ3) is 2.90. The smallest absolute Gasteiger partial charge is 0.207 e. The van der Waals surface area contributed by atoms with Crippen LogP contribution in [0.25, 0.3) is 0 Å². The van der Waals surface area contributed by atoms with E-state index in [-0.39, 0.29) is 11.4 Å². The van der Waals surface area contributed by atoms with Crippen LogP contribution in [-0.2, 0) is 0 Å². The van der Waals surface area contributed by atoms with E-state index in [1.54, 1.807) is 0 Å². The Morgan fingerprint density at radius 2 is 1.70 bits per heavy atom. The van der Waals surface area contributed by atoms with Crippen molar-refractivity contribution in [2.75, 3.05) is 0 Å². The summed E-state index contributed by atoms with van der Waals surface area (Å²) < 4.78 is 27.0. The van der Waals surface area contributed by atoms with Crippen LogP contribution in [-0.4, -0.2) is 21.5 Å². The molecule has 6 heteroatoms. The molecule has 102 valence electrons. The topological polar surface area (TPSA) is 59.9 Å². The summed E-state index contributed by atoms with van der Waals surface area (Å²) in [5, 5.41) is 0. The third-order valence-corrected chi connectivity index (χ3v) is 2.69. The van der Waals surface area contributed by atoms with Gasteiger partial charge in [-0.2, -0.15) is 0 Å². The van der Waals surface area contributed by atoms with Gasteiger partial charge in [0.2, 0.25) is 5.78 Å². The highest BCUT2D eigenvalue weighted by molar-refractivity contribution is 6.12. The monoisotopic (exact) mass is 276 g/mol. The van der Waals surface area contributed by atoms with Crippen LogP contribution in [0.4, 0.5) is 8.78 Å². The highest BCUT2D eigenvalue weighted by Crippen LogP contribution is 2.16. The molecule has 20 heavy (non-hydrogen) atoms. The van der Waals surface area contributed by atoms with Gasteiger partial charge in [-0.1, -0.05) is 0 Å². The molecule has 0 bridgehead atoms. The minimum atomic E-state index is -0.851. The Hall–Kier alpha value is -2.50. The van der Waals surface area contributed by atoms with Gasteiger partial charge in [-0.25, -0.2) is 18.7 Å². The Kier molecular flexibility index (Phi) is 3.93. The molecule has 0 aliphatic heterocycles. The van der Waals surface area contributed by atoms with Crippen LogP contribution in [0.3, 0.4) is 0 Å². The van der Waals surface area contributed by atoms with Crippen LogP contribution in [0.15, 0.2) is 30.6 Å². The minimum absolute atomic E-state index is 0.0942. The van der Waals surface area contributed by atoms with Crippen molar-refractivity contribution >= 4 is 11.6 Å². The zero-order chi connectivity index (χ0) is 14.7. The molecule has 0 aliphatic rings. The summed E-state index contributed by atoms with van der Waals surface area (Å²) in [6.07, 6.45) is 2.11. The molecule has 0 aliphatic carbocycles. The molecule has 2 rings (SSSR count). The standard InChI is InChI=1S/C14H10F2N2O2/c1-8-5-11(16)9(6-10(8)15)12(19)7-13(20)14-17-3-2-4-18-14/h2-6H,7H2,1H3. The van der Waals surface area contributed by atoms with E-state index in [2.05, 4.69) is 9.97 Å². The van der Waals surface area contributed by atoms with Gasteiger partial charge in [-0.05, 0) is 30.7 Å². The molecule has 1 aromatic heterocycles. The Morgan fingerprint density at radius 3 is 2.35 bits per heavy atom. The summed E-state index contributed by atoms with van der Waals surface area (Å²) >= 11 is 0. The molecule has 0 unspecified atom stereocenters. The fourth-order valence-corrected chi connectivity index (χ4v) is 1.62. The van der Waals surface area contributed by atoms with Crippen molar-refractivity contribution in [1.82, 2.24) is 9.97 Å². The van der Waals surface area contributed by atoms with Crippen molar-refractivity contribution in [3.8, 4) is 0 Å². The van der Waals surface area contributed by atoms with Gasteiger partial charge in [0.05, 0.1) is 12.0 Å². The number of hydrogen-bond acceptors (Lipinski definition) is 4. The van der Waals surface area contributed by atoms with Gasteiger partial charge in [-0.3, -0.25) is 9.59 Å². The Morgan fingerprint density at radius 1 is 1.05 bits per heavy atom. The Labute approximate surface area is 113 Å². The summed E-state index contributed by atoms with van der Waals surface area (Å²) in [4.78, 5) is 31.0. The second-order valence-electron chi connectivity index (χ2n) is 4.18. The van der Waals surface area contributed by atoms with Crippen molar-refractivity contribution in [3.63, 3.8) is 0 Å². The highest BCUT2D eigenvalue weighted by atomic mass is 19.1. The Balaban J connectivity index is 2.21. The summed E-state index contributed by atoms with van der Waals surface area (Å²) in [6.45, 7) is 1.38. The molecule has 2 aromatic rings. The fraction of sp³-hybridized carbons (Fsp3) is 0.143. The quantitative estimate of drug-likeness (QED) is 0.636. The number of halogens is 2. The number of hydrogen-bond donors (Lipinski definition) is 0. The average Bonchev–Trinajstić information content (AvgIpc) is 2.43. The van der Waals surface area contributed by atoms with Crippen LogP contribution in [0.2, 0.25) is 0 Å². The molecule has 0 atom stereocenters. The highest BCUT2D eigenvalue weighted by Gasteiger charge is 2.19. The largest absolute Gasteiger partial charge is 0.294 e. The second kappa shape index (κ2) is 5.64. The molecular weight excluding hydrogens is 266 g/mol. The lowest BCUT2D eigenvalue weighted by molar-refractivity contribution is 0.0886. The normalized spacial score (nSPS) is 10.3. The van der Waals surface area contributed by atoms with Gasteiger partial charge >= 0.3 is 0 Å². The van der Waals surface area contributed by atoms with Gasteiger partial charge in [0.15, 0.2) is 11.6 Å². The number of carbonyl (C=O) groups is 2. The van der Waals surface area contributed by atoms with Crippen LogP contribution in [0.1, 0.15) is 33.0 Å². The fourth-order valence-electron chi connectivity index (χ4n) is 1.62. The van der Waals surface area contributed by atoms with E-state index in [1.807, 2.05) is 0 Å². The summed E-state index contributed by atoms with van der Waals surface area (Å²) in [5.74, 6) is -3.13. The lowest BCUT2D eigenvalue weighted by atomic mass is 10.0. The van der Waals surface area contributed by atoms with Crippen LogP contribution in [0.5, 0.6) is 0 Å². The summed E-state index contributed by atoms with van der Waals surface area (Å²) in [5.41, 5.74) is -0.353. The van der Waals surface area contributed by atoms with Crippen LogP contribution < -0.4 is 0 Å². The Bertz CT molecular complexity index is 672. The van der Waals surface area contributed by atoms with Gasteiger partial charge in [-0.15, -0.1) is 0 Å². The zero-order valence-corrected chi connectivity index (χ0v) is 10.6. The molecule has 0 amide bonds. The van der Waals surface area contributed by atoms with Gasteiger partial charge in [0, 0.05) is 12.4 Å². The summed E-state index contributed by atoms with van der Waals surface area (Å²) in [6, 6.07) is 3.24. The first-order valence-electron chi connectivity index (χ1n) is 5.78. The number of benzene rings is 1. The minimum Gasteiger partial charge on any atom is -0.294 e. The molecule has 0 spiro atoms. The SMILES string of the molecule is Cc1cc(F)c(C(=O)CC(=O)c2ncccn2)cc1F. The van der Waals surface area contributed by atoms with E-state index in [4.69, 9.17) is 0 Å². The number of aromatic nitrogens is 2. The van der Waals surface area contributed by atoms with E-state index in [0.29, 0.717) is 0 Å². The van der Waals surface area contributed by atoms with Gasteiger partial charge in [0.25, 0.3) is 0 Å². The van der Waals surface area contributed by atoms with Crippen LogP contribution in [0, 0.1) is 18.6 Å². The number of Topliss-reactive ketones (excluding diaryl/α,β-unsaturated/α-hetero) is 2. The molecule has 4 nitrogen and oxygen atoms in total. The predicted octanol–water partition coefficient (Wildman–Crippen LogP) is 2.52. The first-order valence-corrected chi connectivity index (χ1v) is 5.78. The zero-order valence-electron chi connectivity index (χ0n) is 10.6. The number of nitrogens with zero attached hydrogens (tertiary/aromatic N) is 2. The van der Waals surface area contributed by atoms with Gasteiger partial charge in [0.1, 0.15) is 11.6 Å². The summed E-state index contributed by atoms with van der Waals surface area (Å²) in [7, 11) is 0. The lowest BCUT2D eigenvalue weighted by Crippen LogP contribution is -2.13. The average molecular weight is 276 g/mol. The number of rotatable bonds is 4. The van der Waals surface area contributed by atoms with Crippen molar-refractivity contribution in [2.24, 2.45) is 0 Å². The number of aryl methyl sites for hydroxylation is 1. The van der Waals surface area contributed by atoms with E-state index in [1.165, 1.54) is 25.4 Å². The molecule has 1 heterocycles. The molecule has 0 saturated carbocycles. The molecule has 0 saturated heterocycles. The van der Waals surface area contributed by atoms with Crippen molar-refractivity contribution in [3.05, 3.63) is 59.2 Å².